The second-order valence-corrected chi connectivity index (χ2v) is 19.0. The van der Waals surface area contributed by atoms with Gasteiger partial charge in [-0.25, -0.2) is 0 Å². The predicted molar refractivity (Wildman–Crippen MR) is 250 cm³/mol. The number of hydrogen-bond acceptors (Lipinski definition) is 3. The quantitative estimate of drug-likeness (QED) is 0.159. The van der Waals surface area contributed by atoms with Gasteiger partial charge in [0, 0.05) is 69.0 Å². The summed E-state index contributed by atoms with van der Waals surface area (Å²) >= 11 is 3.85. The van der Waals surface area contributed by atoms with Crippen LogP contribution in [-0.2, 0) is 5.41 Å². The van der Waals surface area contributed by atoms with E-state index in [9.17, 15) is 0 Å². The standard InChI is InChI=1S/C52H35BN2S2/c1-52(2,3)32-24-25-41(38(27-32)30-14-5-4-6-15-30)54-42-29-46-39(34-18-9-11-22-44(34)56-46)28-40(42)53-49-43(54)26-31-16-7-8-17-33(31)47(49)36-20-13-21-37-48-35-19-10-12-23-45(35)57-51(48)55(53)50(36)37/h4-29H,1-3H3. The Bertz CT molecular complexity index is 3530. The number of para-hydroxylation sites is 1. The molecule has 3 aromatic heterocycles. The van der Waals surface area contributed by atoms with E-state index in [0.717, 1.165) is 0 Å². The predicted octanol–water partition coefficient (Wildman–Crippen LogP) is 13.9. The number of rotatable bonds is 2. The molecule has 0 amide bonds. The molecule has 13 rings (SSSR count). The highest BCUT2D eigenvalue weighted by molar-refractivity contribution is 7.26. The zero-order valence-corrected chi connectivity index (χ0v) is 33.4. The van der Waals surface area contributed by atoms with E-state index in [4.69, 9.17) is 0 Å². The average molecular weight is 763 g/mol. The van der Waals surface area contributed by atoms with Gasteiger partial charge in [-0.15, -0.1) is 22.7 Å². The summed E-state index contributed by atoms with van der Waals surface area (Å²) in [6.45, 7) is 6.93. The number of anilines is 3. The first-order chi connectivity index (χ1) is 27.9. The summed E-state index contributed by atoms with van der Waals surface area (Å²) in [5.41, 5.74) is 14.3. The van der Waals surface area contributed by atoms with Gasteiger partial charge in [-0.2, -0.15) is 0 Å². The van der Waals surface area contributed by atoms with Crippen LogP contribution in [0.5, 0.6) is 0 Å². The van der Waals surface area contributed by atoms with Crippen molar-refractivity contribution in [3.8, 4) is 22.3 Å². The minimum absolute atomic E-state index is 0.00254. The van der Waals surface area contributed by atoms with Crippen molar-refractivity contribution in [3.63, 3.8) is 0 Å². The summed E-state index contributed by atoms with van der Waals surface area (Å²) in [5.74, 6) is 0. The number of thiophene rings is 2. The van der Waals surface area contributed by atoms with E-state index in [1.807, 2.05) is 22.7 Å². The fourth-order valence-electron chi connectivity index (χ4n) is 10.2. The van der Waals surface area contributed by atoms with Crippen LogP contribution in [0.25, 0.3) is 84.4 Å². The summed E-state index contributed by atoms with van der Waals surface area (Å²) < 4.78 is 6.72. The molecule has 0 bridgehead atoms. The lowest BCUT2D eigenvalue weighted by Crippen LogP contribution is -2.56. The third-order valence-electron chi connectivity index (χ3n) is 12.7. The molecule has 0 spiro atoms. The van der Waals surface area contributed by atoms with E-state index in [1.54, 1.807) is 0 Å². The monoisotopic (exact) mass is 762 g/mol. The summed E-state index contributed by atoms with van der Waals surface area (Å²) in [5, 5.41) is 9.30. The van der Waals surface area contributed by atoms with Crippen LogP contribution in [-0.4, -0.2) is 11.3 Å². The SMILES string of the molecule is CC(C)(C)c1ccc(N2c3cc4sc5ccccc5c4cc3B3c4c2cc2ccccc2c4-c2cccc4c5c6ccccc6sc5n3c24)c(-c2ccccc2)c1. The van der Waals surface area contributed by atoms with Gasteiger partial charge in [0.15, 0.2) is 0 Å². The van der Waals surface area contributed by atoms with E-state index < -0.39 is 0 Å². The number of fused-ring (bicyclic) bond motifs is 14. The van der Waals surface area contributed by atoms with Gasteiger partial charge in [-0.05, 0) is 80.2 Å². The van der Waals surface area contributed by atoms with Crippen LogP contribution in [0.3, 0.4) is 0 Å². The van der Waals surface area contributed by atoms with E-state index in [-0.39, 0.29) is 12.3 Å². The van der Waals surface area contributed by atoms with Crippen LogP contribution < -0.4 is 15.8 Å². The van der Waals surface area contributed by atoms with E-state index in [1.165, 1.54) is 118 Å². The summed E-state index contributed by atoms with van der Waals surface area (Å²) in [6.07, 6.45) is 0. The Morgan fingerprint density at radius 1 is 0.509 bits per heavy atom. The molecule has 0 N–H and O–H groups in total. The van der Waals surface area contributed by atoms with Crippen LogP contribution in [0.15, 0.2) is 158 Å². The van der Waals surface area contributed by atoms with Crippen molar-refractivity contribution in [2.75, 3.05) is 4.90 Å². The van der Waals surface area contributed by atoms with Crippen molar-refractivity contribution in [1.82, 2.24) is 4.48 Å². The van der Waals surface area contributed by atoms with Gasteiger partial charge in [0.1, 0.15) is 0 Å². The summed E-state index contributed by atoms with van der Waals surface area (Å²) in [6, 6.07) is 59.9. The Morgan fingerprint density at radius 2 is 1.23 bits per heavy atom. The maximum absolute atomic E-state index is 2.74. The Hall–Kier alpha value is -6.14. The molecule has 268 valence electrons. The Balaban J connectivity index is 1.24. The van der Waals surface area contributed by atoms with Crippen molar-refractivity contribution in [3.05, 3.63) is 163 Å². The van der Waals surface area contributed by atoms with Gasteiger partial charge in [0.2, 0.25) is 0 Å². The largest absolute Gasteiger partial charge is 0.367 e. The maximum atomic E-state index is 2.74. The lowest BCUT2D eigenvalue weighted by atomic mass is 9.45. The molecule has 0 atom stereocenters. The Kier molecular flexibility index (Phi) is 6.32. The van der Waals surface area contributed by atoms with Gasteiger partial charge in [-0.3, -0.25) is 0 Å². The van der Waals surface area contributed by atoms with Crippen LogP contribution in [0.2, 0.25) is 0 Å². The number of aromatic nitrogens is 1. The van der Waals surface area contributed by atoms with E-state index >= 15 is 0 Å². The van der Waals surface area contributed by atoms with Gasteiger partial charge in [0.05, 0.1) is 10.5 Å². The average Bonchev–Trinajstić information content (AvgIpc) is 3.90. The van der Waals surface area contributed by atoms with Crippen LogP contribution >= 0.6 is 22.7 Å². The molecule has 0 fully saturated rings. The molecular formula is C52H35BN2S2. The first kappa shape index (κ1) is 32.0. The molecule has 2 aliphatic heterocycles. The topological polar surface area (TPSA) is 8.17 Å². The smallest absolute Gasteiger partial charge is 0.333 e. The van der Waals surface area contributed by atoms with Crippen LogP contribution in [0.1, 0.15) is 26.3 Å². The molecule has 57 heavy (non-hydrogen) atoms. The van der Waals surface area contributed by atoms with Gasteiger partial charge >= 0.3 is 6.85 Å². The molecular weight excluding hydrogens is 728 g/mol. The zero-order chi connectivity index (χ0) is 37.7. The third-order valence-corrected chi connectivity index (χ3v) is 15.0. The number of benzene rings is 8. The Morgan fingerprint density at radius 3 is 2.05 bits per heavy atom. The fourth-order valence-corrected chi connectivity index (χ4v) is 12.5. The van der Waals surface area contributed by atoms with Crippen LogP contribution in [0.4, 0.5) is 17.1 Å². The summed E-state index contributed by atoms with van der Waals surface area (Å²) in [4.78, 5) is 3.98. The molecule has 0 saturated heterocycles. The van der Waals surface area contributed by atoms with Gasteiger partial charge in [-0.1, -0.05) is 142 Å². The van der Waals surface area contributed by atoms with Crippen molar-refractivity contribution < 1.29 is 0 Å². The molecule has 5 heterocycles. The molecule has 0 radical (unpaired) electrons. The third kappa shape index (κ3) is 4.25. The Labute approximate surface area is 339 Å². The van der Waals surface area contributed by atoms with Crippen molar-refractivity contribution >= 4 is 120 Å². The number of hydrogen-bond donors (Lipinski definition) is 0. The first-order valence-electron chi connectivity index (χ1n) is 19.9. The second kappa shape index (κ2) is 11.3. The first-order valence-corrected chi connectivity index (χ1v) is 21.5. The van der Waals surface area contributed by atoms with Crippen molar-refractivity contribution in [1.29, 1.82) is 0 Å². The highest BCUT2D eigenvalue weighted by atomic mass is 32.1. The van der Waals surface area contributed by atoms with E-state index in [2.05, 4.69) is 188 Å². The van der Waals surface area contributed by atoms with Gasteiger partial charge < -0.3 is 9.38 Å². The molecule has 5 heteroatoms. The van der Waals surface area contributed by atoms with E-state index in [0.29, 0.717) is 0 Å². The highest BCUT2D eigenvalue weighted by Gasteiger charge is 2.44. The summed E-state index contributed by atoms with van der Waals surface area (Å²) in [7, 11) is 0. The minimum atomic E-state index is -0.0223. The normalized spacial score (nSPS) is 13.5. The van der Waals surface area contributed by atoms with Crippen molar-refractivity contribution in [2.24, 2.45) is 0 Å². The van der Waals surface area contributed by atoms with Crippen molar-refractivity contribution in [2.45, 2.75) is 26.2 Å². The molecule has 2 nitrogen and oxygen atoms in total. The fraction of sp³-hybridized carbons (Fsp3) is 0.0769. The van der Waals surface area contributed by atoms with Crippen LogP contribution in [0, 0.1) is 0 Å². The van der Waals surface area contributed by atoms with Gasteiger partial charge in [0.25, 0.3) is 0 Å². The maximum Gasteiger partial charge on any atom is 0.333 e. The lowest BCUT2D eigenvalue weighted by Gasteiger charge is -2.41. The molecule has 11 aromatic rings. The number of nitrogens with zero attached hydrogens (tertiary/aromatic N) is 2. The molecule has 0 saturated carbocycles. The molecule has 2 aliphatic rings. The molecule has 0 unspecified atom stereocenters. The zero-order valence-electron chi connectivity index (χ0n) is 31.8. The lowest BCUT2D eigenvalue weighted by molar-refractivity contribution is 0.590. The second-order valence-electron chi connectivity index (χ2n) is 16.8. The molecule has 8 aromatic carbocycles. The molecule has 0 aliphatic carbocycles. The minimum Gasteiger partial charge on any atom is -0.367 e. The highest BCUT2D eigenvalue weighted by Crippen LogP contribution is 2.52.